The molecule has 1 aromatic heterocycles. The SMILES string of the molecule is CC(C)=CCc1c(O)cc(CC=C(C)C)c2c(=O)c3c(O)c4c(cc3oc12)OC(C)(C)C=C4. The van der Waals surface area contributed by atoms with Crippen molar-refractivity contribution in [3.8, 4) is 17.2 Å². The molecule has 2 aromatic carbocycles. The van der Waals surface area contributed by atoms with Gasteiger partial charge in [-0.05, 0) is 78.2 Å². The van der Waals surface area contributed by atoms with Gasteiger partial charge in [0.05, 0.1) is 10.9 Å². The number of benzene rings is 2. The van der Waals surface area contributed by atoms with Crippen molar-refractivity contribution in [3.63, 3.8) is 0 Å². The van der Waals surface area contributed by atoms with Crippen molar-refractivity contribution >= 4 is 28.0 Å². The van der Waals surface area contributed by atoms with Gasteiger partial charge in [-0.2, -0.15) is 0 Å². The second-order valence-electron chi connectivity index (χ2n) is 9.69. The number of fused-ring (bicyclic) bond motifs is 3. The highest BCUT2D eigenvalue weighted by Gasteiger charge is 2.27. The van der Waals surface area contributed by atoms with E-state index in [0.29, 0.717) is 46.3 Å². The lowest BCUT2D eigenvalue weighted by Crippen LogP contribution is -2.27. The summed E-state index contributed by atoms with van der Waals surface area (Å²) in [5.41, 5.74) is 3.56. The zero-order valence-electron chi connectivity index (χ0n) is 20.0. The van der Waals surface area contributed by atoms with Crippen LogP contribution in [0.1, 0.15) is 58.2 Å². The molecule has 0 atom stereocenters. The molecule has 0 fully saturated rings. The molecule has 33 heavy (non-hydrogen) atoms. The first-order valence-electron chi connectivity index (χ1n) is 11.1. The number of allylic oxidation sites excluding steroid dienone is 4. The maximum absolute atomic E-state index is 13.8. The third-order valence-corrected chi connectivity index (χ3v) is 5.84. The molecule has 3 aromatic rings. The average Bonchev–Trinajstić information content (AvgIpc) is 2.70. The van der Waals surface area contributed by atoms with E-state index in [1.807, 2.05) is 59.8 Å². The van der Waals surface area contributed by atoms with Crippen molar-refractivity contribution in [1.29, 1.82) is 0 Å². The van der Waals surface area contributed by atoms with E-state index in [1.165, 1.54) is 0 Å². The molecular weight excluding hydrogens is 416 g/mol. The van der Waals surface area contributed by atoms with Crippen LogP contribution in [-0.4, -0.2) is 15.8 Å². The molecule has 0 amide bonds. The van der Waals surface area contributed by atoms with Gasteiger partial charge >= 0.3 is 0 Å². The molecule has 0 radical (unpaired) electrons. The Morgan fingerprint density at radius 2 is 1.67 bits per heavy atom. The van der Waals surface area contributed by atoms with Gasteiger partial charge in [0.25, 0.3) is 0 Å². The van der Waals surface area contributed by atoms with Gasteiger partial charge in [-0.25, -0.2) is 0 Å². The average molecular weight is 447 g/mol. The number of rotatable bonds is 4. The highest BCUT2D eigenvalue weighted by Crippen LogP contribution is 2.42. The minimum absolute atomic E-state index is 0.0853. The molecule has 2 heterocycles. The lowest BCUT2D eigenvalue weighted by Gasteiger charge is -2.28. The molecule has 0 saturated carbocycles. The van der Waals surface area contributed by atoms with Gasteiger partial charge in [0.15, 0.2) is 0 Å². The van der Waals surface area contributed by atoms with E-state index in [2.05, 4.69) is 0 Å². The predicted molar refractivity (Wildman–Crippen MR) is 133 cm³/mol. The van der Waals surface area contributed by atoms with Gasteiger partial charge in [-0.1, -0.05) is 23.3 Å². The Morgan fingerprint density at radius 3 is 2.33 bits per heavy atom. The van der Waals surface area contributed by atoms with Crippen molar-refractivity contribution in [3.05, 3.63) is 68.4 Å². The Kier molecular flexibility index (Phi) is 5.61. The molecular formula is C28H30O5. The van der Waals surface area contributed by atoms with Crippen LogP contribution >= 0.6 is 0 Å². The van der Waals surface area contributed by atoms with Crippen LogP contribution < -0.4 is 10.2 Å². The minimum Gasteiger partial charge on any atom is -0.508 e. The molecule has 5 nitrogen and oxygen atoms in total. The molecule has 5 heteroatoms. The maximum Gasteiger partial charge on any atom is 0.204 e. The van der Waals surface area contributed by atoms with Crippen LogP contribution in [0.3, 0.4) is 0 Å². The summed E-state index contributed by atoms with van der Waals surface area (Å²) in [6, 6.07) is 3.29. The lowest BCUT2D eigenvalue weighted by molar-refractivity contribution is 0.158. The number of ether oxygens (including phenoxy) is 1. The number of aromatic hydroxyl groups is 2. The largest absolute Gasteiger partial charge is 0.508 e. The molecule has 0 spiro atoms. The first-order chi connectivity index (χ1) is 15.5. The van der Waals surface area contributed by atoms with Crippen LogP contribution in [0.25, 0.3) is 28.0 Å². The van der Waals surface area contributed by atoms with E-state index < -0.39 is 5.60 Å². The van der Waals surface area contributed by atoms with Gasteiger partial charge in [-0.3, -0.25) is 4.79 Å². The summed E-state index contributed by atoms with van der Waals surface area (Å²) >= 11 is 0. The second-order valence-corrected chi connectivity index (χ2v) is 9.69. The Morgan fingerprint density at radius 1 is 1.00 bits per heavy atom. The minimum atomic E-state index is -0.547. The molecule has 0 saturated heterocycles. The normalized spacial score (nSPS) is 14.1. The zero-order chi connectivity index (χ0) is 24.1. The fraction of sp³-hybridized carbons (Fsp3) is 0.321. The third kappa shape index (κ3) is 4.15. The molecule has 0 bridgehead atoms. The highest BCUT2D eigenvalue weighted by atomic mass is 16.5. The molecule has 0 aliphatic carbocycles. The topological polar surface area (TPSA) is 79.9 Å². The van der Waals surface area contributed by atoms with Crippen LogP contribution in [0.2, 0.25) is 0 Å². The van der Waals surface area contributed by atoms with Gasteiger partial charge in [0.1, 0.15) is 39.4 Å². The second kappa shape index (κ2) is 8.14. The fourth-order valence-electron chi connectivity index (χ4n) is 4.10. The van der Waals surface area contributed by atoms with E-state index in [9.17, 15) is 15.0 Å². The Balaban J connectivity index is 2.12. The van der Waals surface area contributed by atoms with Gasteiger partial charge < -0.3 is 19.4 Å². The molecule has 4 rings (SSSR count). The molecule has 1 aliphatic rings. The number of hydrogen-bond acceptors (Lipinski definition) is 5. The van der Waals surface area contributed by atoms with Crippen LogP contribution in [0.15, 0.2) is 50.7 Å². The van der Waals surface area contributed by atoms with Crippen LogP contribution in [0.5, 0.6) is 17.2 Å². The summed E-state index contributed by atoms with van der Waals surface area (Å²) in [5.74, 6) is 0.380. The van der Waals surface area contributed by atoms with Gasteiger partial charge in [0, 0.05) is 11.6 Å². The van der Waals surface area contributed by atoms with E-state index >= 15 is 0 Å². The highest BCUT2D eigenvalue weighted by molar-refractivity contribution is 5.99. The summed E-state index contributed by atoms with van der Waals surface area (Å²) in [7, 11) is 0. The van der Waals surface area contributed by atoms with E-state index in [0.717, 1.165) is 11.1 Å². The third-order valence-electron chi connectivity index (χ3n) is 5.84. The molecule has 172 valence electrons. The fourth-order valence-corrected chi connectivity index (χ4v) is 4.10. The first-order valence-corrected chi connectivity index (χ1v) is 11.1. The quantitative estimate of drug-likeness (QED) is 0.350. The van der Waals surface area contributed by atoms with Crippen molar-refractivity contribution in [2.45, 2.75) is 60.0 Å². The summed E-state index contributed by atoms with van der Waals surface area (Å²) in [6.45, 7) is 11.7. The van der Waals surface area contributed by atoms with Crippen molar-refractivity contribution in [2.75, 3.05) is 0 Å². The summed E-state index contributed by atoms with van der Waals surface area (Å²) in [5, 5.41) is 22.4. The predicted octanol–water partition coefficient (Wildman–Crippen LogP) is 6.56. The van der Waals surface area contributed by atoms with Crippen molar-refractivity contribution in [2.24, 2.45) is 0 Å². The summed E-state index contributed by atoms with van der Waals surface area (Å²) in [4.78, 5) is 13.8. The van der Waals surface area contributed by atoms with Gasteiger partial charge in [-0.15, -0.1) is 0 Å². The standard InChI is InChI=1S/C28H30O5/c1-15(2)7-9-17-13-20(29)18(10-8-16(3)4)27-23(17)26(31)24-22(32-27)14-21-19(25(24)30)11-12-28(5,6)33-21/h7-8,11-14,29-30H,9-10H2,1-6H3. The van der Waals surface area contributed by atoms with Crippen molar-refractivity contribution in [1.82, 2.24) is 0 Å². The Labute approximate surface area is 193 Å². The van der Waals surface area contributed by atoms with E-state index in [-0.39, 0.29) is 27.9 Å². The van der Waals surface area contributed by atoms with E-state index in [1.54, 1.807) is 18.2 Å². The molecule has 2 N–H and O–H groups in total. The molecule has 0 unspecified atom stereocenters. The Hall–Kier alpha value is -3.47. The van der Waals surface area contributed by atoms with Crippen LogP contribution in [0, 0.1) is 0 Å². The first kappa shape index (κ1) is 22.7. The number of phenolic OH excluding ortho intramolecular Hbond substituents is 2. The van der Waals surface area contributed by atoms with Crippen molar-refractivity contribution < 1.29 is 19.4 Å². The zero-order valence-corrected chi connectivity index (χ0v) is 20.0. The smallest absolute Gasteiger partial charge is 0.204 e. The van der Waals surface area contributed by atoms with Crippen LogP contribution in [-0.2, 0) is 12.8 Å². The maximum atomic E-state index is 13.8. The van der Waals surface area contributed by atoms with Gasteiger partial charge in [0.2, 0.25) is 5.43 Å². The Bertz CT molecular complexity index is 1420. The lowest BCUT2D eigenvalue weighted by atomic mass is 9.95. The van der Waals surface area contributed by atoms with E-state index in [4.69, 9.17) is 9.15 Å². The summed E-state index contributed by atoms with van der Waals surface area (Å²) in [6.07, 6.45) is 8.49. The molecule has 1 aliphatic heterocycles. The number of hydrogen-bond donors (Lipinski definition) is 2. The summed E-state index contributed by atoms with van der Waals surface area (Å²) < 4.78 is 12.3. The van der Waals surface area contributed by atoms with Crippen LogP contribution in [0.4, 0.5) is 0 Å². The number of phenols is 2. The monoisotopic (exact) mass is 446 g/mol.